The summed E-state index contributed by atoms with van der Waals surface area (Å²) in [4.78, 5) is 31.4. The maximum absolute atomic E-state index is 12.5. The van der Waals surface area contributed by atoms with Crippen molar-refractivity contribution in [2.45, 2.75) is 20.3 Å². The van der Waals surface area contributed by atoms with Gasteiger partial charge in [0.2, 0.25) is 11.9 Å². The van der Waals surface area contributed by atoms with Crippen molar-refractivity contribution >= 4 is 17.8 Å². The number of anilines is 1. The fraction of sp³-hybridized carbons (Fsp3) is 0.238. The summed E-state index contributed by atoms with van der Waals surface area (Å²) in [6, 6.07) is 8.47. The number of carbonyl (C=O) groups excluding carboxylic acids is 1. The molecule has 3 rings (SSSR count). The van der Waals surface area contributed by atoms with E-state index in [2.05, 4.69) is 20.4 Å². The van der Waals surface area contributed by atoms with Gasteiger partial charge in [0.1, 0.15) is 5.82 Å². The van der Waals surface area contributed by atoms with Crippen LogP contribution in [0.5, 0.6) is 11.5 Å². The minimum absolute atomic E-state index is 0.242. The molecule has 2 aromatic heterocycles. The molecule has 1 aromatic carbocycles. The summed E-state index contributed by atoms with van der Waals surface area (Å²) in [6.45, 7) is 3.69. The summed E-state index contributed by atoms with van der Waals surface area (Å²) < 4.78 is 11.9. The van der Waals surface area contributed by atoms with Crippen molar-refractivity contribution in [2.24, 2.45) is 0 Å². The highest BCUT2D eigenvalue weighted by molar-refractivity contribution is 6.01. The second-order valence-corrected chi connectivity index (χ2v) is 6.43. The number of aromatic amines is 1. The normalized spacial score (nSPS) is 10.9. The number of ether oxygens (including phenoxy) is 2. The smallest absolute Gasteiger partial charge is 0.252 e. The van der Waals surface area contributed by atoms with E-state index in [9.17, 15) is 9.59 Å². The van der Waals surface area contributed by atoms with E-state index >= 15 is 0 Å². The van der Waals surface area contributed by atoms with Crippen LogP contribution < -0.4 is 20.3 Å². The molecular weight excluding hydrogens is 386 g/mol. The van der Waals surface area contributed by atoms with Crippen LogP contribution in [0.4, 0.5) is 5.82 Å². The third-order valence-corrected chi connectivity index (χ3v) is 4.26. The fourth-order valence-electron chi connectivity index (χ4n) is 2.82. The summed E-state index contributed by atoms with van der Waals surface area (Å²) in [7, 11) is 3.11. The monoisotopic (exact) mass is 409 g/mol. The molecule has 9 heteroatoms. The van der Waals surface area contributed by atoms with Crippen LogP contribution in [0.2, 0.25) is 0 Å². The Morgan fingerprint density at radius 1 is 1.20 bits per heavy atom. The maximum atomic E-state index is 12.5. The summed E-state index contributed by atoms with van der Waals surface area (Å²) in [6.07, 6.45) is 3.65. The number of amides is 1. The molecule has 1 amide bonds. The first-order valence-corrected chi connectivity index (χ1v) is 9.32. The lowest BCUT2D eigenvalue weighted by Gasteiger charge is -2.08. The Kier molecular flexibility index (Phi) is 6.31. The molecule has 0 saturated heterocycles. The average Bonchev–Trinajstić information content (AvgIpc) is 3.11. The minimum atomic E-state index is -0.361. The first-order valence-electron chi connectivity index (χ1n) is 9.32. The molecule has 0 atom stereocenters. The van der Waals surface area contributed by atoms with Gasteiger partial charge >= 0.3 is 0 Å². The zero-order chi connectivity index (χ0) is 21.7. The van der Waals surface area contributed by atoms with Gasteiger partial charge in [-0.1, -0.05) is 13.0 Å². The topological polar surface area (TPSA) is 111 Å². The summed E-state index contributed by atoms with van der Waals surface area (Å²) in [5.74, 6) is 1.45. The molecule has 30 heavy (non-hydrogen) atoms. The van der Waals surface area contributed by atoms with Gasteiger partial charge in [0, 0.05) is 23.9 Å². The number of benzene rings is 1. The largest absolute Gasteiger partial charge is 0.493 e. The van der Waals surface area contributed by atoms with Gasteiger partial charge < -0.3 is 14.8 Å². The predicted molar refractivity (Wildman–Crippen MR) is 113 cm³/mol. The van der Waals surface area contributed by atoms with Crippen LogP contribution in [-0.4, -0.2) is 39.9 Å². The number of nitrogens with one attached hydrogen (secondary N) is 2. The second kappa shape index (κ2) is 9.08. The van der Waals surface area contributed by atoms with Crippen LogP contribution in [0.3, 0.4) is 0 Å². The molecular formula is C21H23N5O4. The van der Waals surface area contributed by atoms with Gasteiger partial charge in [-0.3, -0.25) is 14.6 Å². The molecule has 2 heterocycles. The highest BCUT2D eigenvalue weighted by Gasteiger charge is 2.12. The van der Waals surface area contributed by atoms with Crippen LogP contribution in [0, 0.1) is 6.92 Å². The van der Waals surface area contributed by atoms with Crippen LogP contribution in [-0.2, 0) is 11.2 Å². The van der Waals surface area contributed by atoms with Crippen LogP contribution in [0.25, 0.3) is 12.0 Å². The van der Waals surface area contributed by atoms with Crippen molar-refractivity contribution in [1.82, 2.24) is 19.7 Å². The van der Waals surface area contributed by atoms with Crippen LogP contribution >= 0.6 is 0 Å². The number of aryl methyl sites for hydroxylation is 2. The van der Waals surface area contributed by atoms with E-state index in [-0.39, 0.29) is 17.4 Å². The highest BCUT2D eigenvalue weighted by atomic mass is 16.5. The van der Waals surface area contributed by atoms with Gasteiger partial charge in [0.25, 0.3) is 5.56 Å². The Morgan fingerprint density at radius 2 is 1.97 bits per heavy atom. The van der Waals surface area contributed by atoms with Gasteiger partial charge in [-0.15, -0.1) is 0 Å². The molecule has 0 aliphatic heterocycles. The second-order valence-electron chi connectivity index (χ2n) is 6.43. The van der Waals surface area contributed by atoms with Crippen molar-refractivity contribution in [3.05, 3.63) is 63.7 Å². The number of rotatable bonds is 7. The predicted octanol–water partition coefficient (Wildman–Crippen LogP) is 2.50. The van der Waals surface area contributed by atoms with Crippen molar-refractivity contribution in [3.63, 3.8) is 0 Å². The molecule has 0 spiro atoms. The number of hydrogen-bond donors (Lipinski definition) is 2. The molecule has 9 nitrogen and oxygen atoms in total. The number of nitrogens with zero attached hydrogens (tertiary/aromatic N) is 3. The Labute approximate surface area is 173 Å². The van der Waals surface area contributed by atoms with E-state index in [4.69, 9.17) is 9.47 Å². The number of H-pyrrole nitrogens is 1. The molecule has 0 bridgehead atoms. The number of carbonyl (C=O) groups is 1. The molecule has 2 N–H and O–H groups in total. The molecule has 0 fully saturated rings. The molecule has 0 aliphatic rings. The number of methoxy groups -OCH3 is 2. The number of aromatic nitrogens is 4. The zero-order valence-electron chi connectivity index (χ0n) is 17.2. The van der Waals surface area contributed by atoms with Gasteiger partial charge in [-0.05, 0) is 37.1 Å². The molecule has 0 unspecified atom stereocenters. The molecule has 156 valence electrons. The summed E-state index contributed by atoms with van der Waals surface area (Å²) >= 11 is 0. The average molecular weight is 409 g/mol. The summed E-state index contributed by atoms with van der Waals surface area (Å²) in [5.41, 5.74) is 1.79. The SMILES string of the molecule is CCc1cc(=O)[nH]c(-n2nc(C)cc2NC(=O)/C=C/c2ccc(OC)c(OC)c2)n1. The first kappa shape index (κ1) is 20.8. The summed E-state index contributed by atoms with van der Waals surface area (Å²) in [5, 5.41) is 7.09. The molecule has 0 aliphatic carbocycles. The standard InChI is InChI=1S/C21H23N5O4/c1-5-15-12-20(28)24-21(22-15)26-18(10-13(2)25-26)23-19(27)9-7-14-6-8-16(29-3)17(11-14)30-4/h6-12H,5H2,1-4H3,(H,23,27)(H,22,24,28)/b9-7+. The van der Waals surface area contributed by atoms with Crippen molar-refractivity contribution < 1.29 is 14.3 Å². The van der Waals surface area contributed by atoms with E-state index in [1.807, 2.05) is 13.0 Å². The van der Waals surface area contributed by atoms with Gasteiger partial charge in [-0.25, -0.2) is 4.98 Å². The van der Waals surface area contributed by atoms with E-state index in [0.717, 1.165) is 5.56 Å². The van der Waals surface area contributed by atoms with Gasteiger partial charge in [0.15, 0.2) is 11.5 Å². The lowest BCUT2D eigenvalue weighted by Crippen LogP contribution is -2.18. The number of hydrogen-bond acceptors (Lipinski definition) is 6. The lowest BCUT2D eigenvalue weighted by atomic mass is 10.2. The quantitative estimate of drug-likeness (QED) is 0.580. The van der Waals surface area contributed by atoms with Gasteiger partial charge in [-0.2, -0.15) is 9.78 Å². The fourth-order valence-corrected chi connectivity index (χ4v) is 2.82. The Morgan fingerprint density at radius 3 is 2.67 bits per heavy atom. The lowest BCUT2D eigenvalue weighted by molar-refractivity contribution is -0.111. The molecule has 0 saturated carbocycles. The zero-order valence-corrected chi connectivity index (χ0v) is 17.2. The van der Waals surface area contributed by atoms with E-state index < -0.39 is 0 Å². The van der Waals surface area contributed by atoms with Crippen molar-refractivity contribution in [3.8, 4) is 17.4 Å². The first-order chi connectivity index (χ1) is 14.4. The minimum Gasteiger partial charge on any atom is -0.493 e. The Hall–Kier alpha value is -3.88. The van der Waals surface area contributed by atoms with E-state index in [0.29, 0.717) is 35.1 Å². The third-order valence-electron chi connectivity index (χ3n) is 4.26. The van der Waals surface area contributed by atoms with Crippen LogP contribution in [0.15, 0.2) is 41.2 Å². The van der Waals surface area contributed by atoms with E-state index in [1.165, 1.54) is 16.8 Å². The highest BCUT2D eigenvalue weighted by Crippen LogP contribution is 2.28. The Bertz CT molecular complexity index is 1150. The molecule has 3 aromatic rings. The van der Waals surface area contributed by atoms with Crippen molar-refractivity contribution in [2.75, 3.05) is 19.5 Å². The maximum Gasteiger partial charge on any atom is 0.252 e. The molecule has 0 radical (unpaired) electrons. The van der Waals surface area contributed by atoms with Crippen molar-refractivity contribution in [1.29, 1.82) is 0 Å². The third kappa shape index (κ3) is 4.75. The van der Waals surface area contributed by atoms with E-state index in [1.54, 1.807) is 45.4 Å². The van der Waals surface area contributed by atoms with Gasteiger partial charge in [0.05, 0.1) is 19.9 Å². The Balaban J connectivity index is 1.82. The van der Waals surface area contributed by atoms with Crippen LogP contribution in [0.1, 0.15) is 23.9 Å².